The van der Waals surface area contributed by atoms with E-state index in [4.69, 9.17) is 9.47 Å². The molecule has 0 fully saturated rings. The Morgan fingerprint density at radius 1 is 1.18 bits per heavy atom. The van der Waals surface area contributed by atoms with Gasteiger partial charge in [-0.2, -0.15) is 0 Å². The maximum atomic E-state index is 5.30. The van der Waals surface area contributed by atoms with Gasteiger partial charge in [-0.25, -0.2) is 0 Å². The zero-order valence-electron chi connectivity index (χ0n) is 6.12. The molecule has 0 bridgehead atoms. The SMILES string of the molecule is [CH]1COCc2ccccc2O1. The zero-order chi connectivity index (χ0) is 7.52. The van der Waals surface area contributed by atoms with Crippen LogP contribution in [0.1, 0.15) is 5.56 Å². The smallest absolute Gasteiger partial charge is 0.161 e. The fourth-order valence-electron chi connectivity index (χ4n) is 1.08. The monoisotopic (exact) mass is 149 g/mol. The van der Waals surface area contributed by atoms with Crippen molar-refractivity contribution in [2.45, 2.75) is 6.61 Å². The maximum absolute atomic E-state index is 5.30. The van der Waals surface area contributed by atoms with Crippen LogP contribution in [0, 0.1) is 6.61 Å². The lowest BCUT2D eigenvalue weighted by Crippen LogP contribution is -1.93. The molecule has 2 rings (SSSR count). The minimum absolute atomic E-state index is 0.564. The van der Waals surface area contributed by atoms with Gasteiger partial charge in [-0.15, -0.1) is 0 Å². The van der Waals surface area contributed by atoms with Gasteiger partial charge >= 0.3 is 0 Å². The van der Waals surface area contributed by atoms with Gasteiger partial charge in [0.2, 0.25) is 0 Å². The van der Waals surface area contributed by atoms with Gasteiger partial charge in [-0.05, 0) is 6.07 Å². The van der Waals surface area contributed by atoms with E-state index in [9.17, 15) is 0 Å². The molecule has 0 saturated heterocycles. The second-order valence-electron chi connectivity index (χ2n) is 2.41. The van der Waals surface area contributed by atoms with Crippen molar-refractivity contribution in [3.63, 3.8) is 0 Å². The Hall–Kier alpha value is -1.02. The van der Waals surface area contributed by atoms with Gasteiger partial charge in [0.05, 0.1) is 13.2 Å². The molecule has 0 atom stereocenters. The number of benzene rings is 1. The molecule has 1 aromatic rings. The Morgan fingerprint density at radius 2 is 2.09 bits per heavy atom. The van der Waals surface area contributed by atoms with E-state index in [0.29, 0.717) is 13.2 Å². The van der Waals surface area contributed by atoms with Crippen LogP contribution < -0.4 is 4.74 Å². The third kappa shape index (κ3) is 1.35. The highest BCUT2D eigenvalue weighted by Gasteiger charge is 2.06. The normalized spacial score (nSPS) is 16.4. The van der Waals surface area contributed by atoms with Crippen LogP contribution in [0.15, 0.2) is 24.3 Å². The molecule has 0 aliphatic carbocycles. The van der Waals surface area contributed by atoms with Gasteiger partial charge in [0, 0.05) is 5.56 Å². The zero-order valence-corrected chi connectivity index (χ0v) is 6.12. The molecule has 0 spiro atoms. The summed E-state index contributed by atoms with van der Waals surface area (Å²) in [6.07, 6.45) is 0. The van der Waals surface area contributed by atoms with Gasteiger partial charge in [-0.1, -0.05) is 18.2 Å². The van der Waals surface area contributed by atoms with E-state index < -0.39 is 0 Å². The number of fused-ring (bicyclic) bond motifs is 1. The third-order valence-electron chi connectivity index (χ3n) is 1.63. The average molecular weight is 149 g/mol. The van der Waals surface area contributed by atoms with Crippen molar-refractivity contribution in [1.82, 2.24) is 0 Å². The van der Waals surface area contributed by atoms with Gasteiger partial charge in [0.15, 0.2) is 6.61 Å². The van der Waals surface area contributed by atoms with Crippen LogP contribution in [-0.4, -0.2) is 6.61 Å². The van der Waals surface area contributed by atoms with E-state index in [0.717, 1.165) is 11.3 Å². The molecular weight excluding hydrogens is 140 g/mol. The van der Waals surface area contributed by atoms with E-state index in [1.54, 1.807) is 6.61 Å². The highest BCUT2D eigenvalue weighted by atomic mass is 16.5. The maximum Gasteiger partial charge on any atom is 0.161 e. The van der Waals surface area contributed by atoms with Crippen LogP contribution >= 0.6 is 0 Å². The van der Waals surface area contributed by atoms with E-state index in [1.165, 1.54) is 0 Å². The summed E-state index contributed by atoms with van der Waals surface area (Å²) in [7, 11) is 0. The first-order valence-electron chi connectivity index (χ1n) is 3.61. The van der Waals surface area contributed by atoms with Crippen molar-refractivity contribution >= 4 is 0 Å². The summed E-state index contributed by atoms with van der Waals surface area (Å²) in [6, 6.07) is 7.89. The Labute approximate surface area is 65.7 Å². The standard InChI is InChI=1S/C9H9O2/c1-2-4-9-8(3-1)7-10-5-6-11-9/h1-4,6H,5,7H2. The minimum atomic E-state index is 0.564. The summed E-state index contributed by atoms with van der Waals surface area (Å²) in [5.41, 5.74) is 1.11. The van der Waals surface area contributed by atoms with Crippen LogP contribution in [0.2, 0.25) is 0 Å². The van der Waals surface area contributed by atoms with Crippen molar-refractivity contribution in [3.8, 4) is 5.75 Å². The molecule has 1 heterocycles. The number of para-hydroxylation sites is 1. The number of ether oxygens (including phenoxy) is 2. The van der Waals surface area contributed by atoms with Crippen molar-refractivity contribution < 1.29 is 9.47 Å². The first-order chi connectivity index (χ1) is 5.47. The molecule has 11 heavy (non-hydrogen) atoms. The lowest BCUT2D eigenvalue weighted by Gasteiger charge is -2.02. The molecule has 2 nitrogen and oxygen atoms in total. The van der Waals surface area contributed by atoms with E-state index in [2.05, 4.69) is 0 Å². The predicted octanol–water partition coefficient (Wildman–Crippen LogP) is 1.76. The molecule has 2 heteroatoms. The van der Waals surface area contributed by atoms with Crippen molar-refractivity contribution in [2.75, 3.05) is 6.61 Å². The van der Waals surface area contributed by atoms with Gasteiger partial charge in [-0.3, -0.25) is 0 Å². The lowest BCUT2D eigenvalue weighted by atomic mass is 10.2. The van der Waals surface area contributed by atoms with Crippen LogP contribution in [0.25, 0.3) is 0 Å². The van der Waals surface area contributed by atoms with E-state index >= 15 is 0 Å². The minimum Gasteiger partial charge on any atom is -0.484 e. The lowest BCUT2D eigenvalue weighted by molar-refractivity contribution is 0.130. The third-order valence-corrected chi connectivity index (χ3v) is 1.63. The molecular formula is C9H9O2. The fraction of sp³-hybridized carbons (Fsp3) is 0.222. The Bertz CT molecular complexity index is 220. The number of hydrogen-bond donors (Lipinski definition) is 0. The Balaban J connectivity index is 2.33. The highest BCUT2D eigenvalue weighted by Crippen LogP contribution is 2.21. The molecule has 1 radical (unpaired) electrons. The molecule has 57 valence electrons. The average Bonchev–Trinajstić information content (AvgIpc) is 2.28. The summed E-state index contributed by atoms with van der Waals surface area (Å²) in [5, 5.41) is 0. The molecule has 0 aromatic heterocycles. The Morgan fingerprint density at radius 3 is 3.09 bits per heavy atom. The fourth-order valence-corrected chi connectivity index (χ4v) is 1.08. The van der Waals surface area contributed by atoms with Crippen molar-refractivity contribution in [2.24, 2.45) is 0 Å². The predicted molar refractivity (Wildman–Crippen MR) is 41.0 cm³/mol. The first kappa shape index (κ1) is 6.68. The number of rotatable bonds is 0. The molecule has 0 unspecified atom stereocenters. The summed E-state index contributed by atoms with van der Waals surface area (Å²) in [4.78, 5) is 0. The quantitative estimate of drug-likeness (QED) is 0.559. The van der Waals surface area contributed by atoms with Crippen LogP contribution in [0.4, 0.5) is 0 Å². The molecule has 0 amide bonds. The van der Waals surface area contributed by atoms with Crippen molar-refractivity contribution in [1.29, 1.82) is 0 Å². The number of hydrogen-bond acceptors (Lipinski definition) is 2. The van der Waals surface area contributed by atoms with E-state index in [1.807, 2.05) is 24.3 Å². The molecule has 0 saturated carbocycles. The molecule has 1 aromatic carbocycles. The van der Waals surface area contributed by atoms with E-state index in [-0.39, 0.29) is 0 Å². The summed E-state index contributed by atoms with van der Waals surface area (Å²) in [5.74, 6) is 0.907. The molecule has 0 N–H and O–H groups in total. The van der Waals surface area contributed by atoms with Crippen LogP contribution in [0.5, 0.6) is 5.75 Å². The molecule has 1 aliphatic rings. The largest absolute Gasteiger partial charge is 0.484 e. The van der Waals surface area contributed by atoms with Gasteiger partial charge in [0.1, 0.15) is 5.75 Å². The summed E-state index contributed by atoms with van der Waals surface area (Å²) >= 11 is 0. The van der Waals surface area contributed by atoms with Gasteiger partial charge < -0.3 is 9.47 Å². The first-order valence-corrected chi connectivity index (χ1v) is 3.61. The summed E-state index contributed by atoms with van der Waals surface area (Å²) in [6.45, 7) is 2.88. The highest BCUT2D eigenvalue weighted by molar-refractivity contribution is 5.33. The van der Waals surface area contributed by atoms with Gasteiger partial charge in [0.25, 0.3) is 0 Å². The topological polar surface area (TPSA) is 18.5 Å². The van der Waals surface area contributed by atoms with Crippen molar-refractivity contribution in [3.05, 3.63) is 36.4 Å². The Kier molecular flexibility index (Phi) is 1.78. The second kappa shape index (κ2) is 2.93. The second-order valence-corrected chi connectivity index (χ2v) is 2.41. The van der Waals surface area contributed by atoms with Crippen LogP contribution in [-0.2, 0) is 11.3 Å². The summed E-state index contributed by atoms with van der Waals surface area (Å²) < 4.78 is 10.5. The van der Waals surface area contributed by atoms with Crippen LogP contribution in [0.3, 0.4) is 0 Å². The molecule has 1 aliphatic heterocycles.